The second-order valence-corrected chi connectivity index (χ2v) is 9.67. The van der Waals surface area contributed by atoms with Crippen LogP contribution in [0.2, 0.25) is 0 Å². The minimum Gasteiger partial charge on any atom is -0.480 e. The summed E-state index contributed by atoms with van der Waals surface area (Å²) in [6.07, 6.45) is 2.92. The lowest BCUT2D eigenvalue weighted by Crippen LogP contribution is -2.41. The molecular weight excluding hydrogens is 466 g/mol. The van der Waals surface area contributed by atoms with Gasteiger partial charge in [0.15, 0.2) is 17.0 Å². The van der Waals surface area contributed by atoms with E-state index in [1.165, 1.54) is 6.33 Å². The lowest BCUT2D eigenvalue weighted by atomic mass is 10.1. The highest BCUT2D eigenvalue weighted by Crippen LogP contribution is 2.23. The number of carbonyl (C=O) groups excluding carboxylic acids is 2. The van der Waals surface area contributed by atoms with Crippen LogP contribution in [0.4, 0.5) is 10.6 Å². The Balaban J connectivity index is 1.50. The molecule has 0 aliphatic carbocycles. The number of anilines is 1. The van der Waals surface area contributed by atoms with Gasteiger partial charge < -0.3 is 25.0 Å². The molecule has 190 valence electrons. The molecule has 0 spiro atoms. The van der Waals surface area contributed by atoms with Gasteiger partial charge in [0.25, 0.3) is 5.91 Å². The van der Waals surface area contributed by atoms with E-state index in [-0.39, 0.29) is 30.4 Å². The number of benzene rings is 1. The molecule has 1 aliphatic rings. The third-order valence-electron chi connectivity index (χ3n) is 5.66. The van der Waals surface area contributed by atoms with E-state index in [1.54, 1.807) is 60.8 Å². The first kappa shape index (κ1) is 25.0. The summed E-state index contributed by atoms with van der Waals surface area (Å²) in [5.41, 5.74) is 0.786. The second-order valence-electron chi connectivity index (χ2n) is 9.67. The van der Waals surface area contributed by atoms with E-state index in [9.17, 15) is 19.5 Å². The molecule has 1 saturated heterocycles. The molecule has 0 unspecified atom stereocenters. The molecule has 0 bridgehead atoms. The summed E-state index contributed by atoms with van der Waals surface area (Å²) in [4.78, 5) is 51.0. The maximum absolute atomic E-state index is 12.6. The van der Waals surface area contributed by atoms with Crippen molar-refractivity contribution < 1.29 is 24.2 Å². The molecule has 12 heteroatoms. The van der Waals surface area contributed by atoms with E-state index in [0.29, 0.717) is 36.2 Å². The fourth-order valence-corrected chi connectivity index (χ4v) is 4.22. The van der Waals surface area contributed by atoms with Gasteiger partial charge in [-0.3, -0.25) is 14.5 Å². The summed E-state index contributed by atoms with van der Waals surface area (Å²) >= 11 is 0. The van der Waals surface area contributed by atoms with Crippen LogP contribution in [0.25, 0.3) is 11.2 Å². The van der Waals surface area contributed by atoms with Crippen LogP contribution in [0, 0.1) is 0 Å². The van der Waals surface area contributed by atoms with Crippen molar-refractivity contribution in [2.45, 2.75) is 51.4 Å². The number of carboxylic acid groups (broad SMARTS) is 1. The van der Waals surface area contributed by atoms with E-state index in [2.05, 4.69) is 25.6 Å². The quantitative estimate of drug-likeness (QED) is 0.448. The monoisotopic (exact) mass is 495 g/mol. The number of imidazole rings is 1. The molecule has 2 amide bonds. The lowest BCUT2D eigenvalue weighted by molar-refractivity contribution is -0.138. The summed E-state index contributed by atoms with van der Waals surface area (Å²) in [5.74, 6) is -0.989. The van der Waals surface area contributed by atoms with Crippen LogP contribution < -0.4 is 10.6 Å². The summed E-state index contributed by atoms with van der Waals surface area (Å²) in [6, 6.07) is 8.30. The molecule has 3 N–H and O–H groups in total. The molecule has 3 heterocycles. The van der Waals surface area contributed by atoms with Gasteiger partial charge in [0.1, 0.15) is 11.9 Å². The molecule has 2 atom stereocenters. The number of fused-ring (bicyclic) bond motifs is 1. The molecule has 3 aromatic rings. The normalized spacial score (nSPS) is 18.2. The van der Waals surface area contributed by atoms with Gasteiger partial charge in [0, 0.05) is 30.7 Å². The summed E-state index contributed by atoms with van der Waals surface area (Å²) in [7, 11) is 0. The van der Waals surface area contributed by atoms with Crippen LogP contribution in [0.5, 0.6) is 0 Å². The average Bonchev–Trinajstić information content (AvgIpc) is 3.37. The highest BCUT2D eigenvalue weighted by molar-refractivity contribution is 6.06. The number of aliphatic carboxylic acids is 1. The highest BCUT2D eigenvalue weighted by atomic mass is 16.6. The minimum absolute atomic E-state index is 0.169. The van der Waals surface area contributed by atoms with Gasteiger partial charge in [-0.1, -0.05) is 18.2 Å². The van der Waals surface area contributed by atoms with Crippen LogP contribution in [0.1, 0.15) is 37.6 Å². The van der Waals surface area contributed by atoms with Crippen LogP contribution in [0.3, 0.4) is 0 Å². The Hall–Kier alpha value is -4.06. The van der Waals surface area contributed by atoms with Gasteiger partial charge in [-0.25, -0.2) is 19.7 Å². The Morgan fingerprint density at radius 1 is 1.14 bits per heavy atom. The van der Waals surface area contributed by atoms with Crippen LogP contribution >= 0.6 is 0 Å². The van der Waals surface area contributed by atoms with Crippen molar-refractivity contribution in [3.63, 3.8) is 0 Å². The number of carbonyl (C=O) groups is 3. The van der Waals surface area contributed by atoms with Crippen molar-refractivity contribution >= 4 is 35.0 Å². The van der Waals surface area contributed by atoms with E-state index < -0.39 is 17.7 Å². The molecule has 1 fully saturated rings. The van der Waals surface area contributed by atoms with Gasteiger partial charge in [-0.2, -0.15) is 0 Å². The maximum atomic E-state index is 12.6. The predicted octanol–water partition coefficient (Wildman–Crippen LogP) is 2.13. The fraction of sp³-hybridized carbons (Fsp3) is 0.417. The van der Waals surface area contributed by atoms with Gasteiger partial charge in [0.05, 0.1) is 12.9 Å². The first-order chi connectivity index (χ1) is 17.1. The zero-order valence-electron chi connectivity index (χ0n) is 20.3. The number of amides is 2. The fourth-order valence-electron chi connectivity index (χ4n) is 4.22. The third-order valence-corrected chi connectivity index (χ3v) is 5.66. The van der Waals surface area contributed by atoms with Crippen molar-refractivity contribution in [3.8, 4) is 0 Å². The Morgan fingerprint density at radius 3 is 2.58 bits per heavy atom. The van der Waals surface area contributed by atoms with E-state index >= 15 is 0 Å². The molecule has 0 radical (unpaired) electrons. The summed E-state index contributed by atoms with van der Waals surface area (Å²) < 4.78 is 7.14. The number of hydrogen-bond donors (Lipinski definition) is 3. The number of aromatic nitrogens is 4. The van der Waals surface area contributed by atoms with Crippen molar-refractivity contribution in [1.29, 1.82) is 0 Å². The van der Waals surface area contributed by atoms with Crippen LogP contribution in [-0.2, 0) is 16.1 Å². The molecule has 4 rings (SSSR count). The van der Waals surface area contributed by atoms with E-state index in [1.807, 2.05) is 6.07 Å². The minimum atomic E-state index is -0.957. The van der Waals surface area contributed by atoms with Crippen molar-refractivity contribution in [2.75, 3.05) is 18.4 Å². The van der Waals surface area contributed by atoms with Crippen LogP contribution in [0.15, 0.2) is 43.0 Å². The number of hydrogen-bond acceptors (Lipinski definition) is 8. The first-order valence-corrected chi connectivity index (χ1v) is 11.6. The van der Waals surface area contributed by atoms with Crippen molar-refractivity contribution in [3.05, 3.63) is 48.5 Å². The maximum Gasteiger partial charge on any atom is 0.407 e. The third kappa shape index (κ3) is 6.13. The summed E-state index contributed by atoms with van der Waals surface area (Å²) in [5, 5.41) is 15.0. The predicted molar refractivity (Wildman–Crippen MR) is 130 cm³/mol. The number of nitrogens with zero attached hydrogens (tertiary/aromatic N) is 5. The standard InChI is InChI=1S/C24H29N7O5/c1-24(2,3)36-23(35)28-16-9-17(30(10-16)12-18(32)33)11-31-14-27-19-20(25-13-26-21(19)31)29-22(34)15-7-5-4-6-8-15/h4-8,13-14,16-17H,9-12H2,1-3H3,(H,28,35)(H,32,33)(H,25,26,29,34)/t16-,17+/m0/s1. The second kappa shape index (κ2) is 10.3. The topological polar surface area (TPSA) is 152 Å². The van der Waals surface area contributed by atoms with Crippen molar-refractivity contribution in [2.24, 2.45) is 0 Å². The number of rotatable bonds is 7. The molecule has 12 nitrogen and oxygen atoms in total. The zero-order chi connectivity index (χ0) is 25.9. The van der Waals surface area contributed by atoms with Gasteiger partial charge >= 0.3 is 12.1 Å². The Labute approximate surface area is 207 Å². The number of likely N-dealkylation sites (tertiary alicyclic amines) is 1. The van der Waals surface area contributed by atoms with Crippen LogP contribution in [-0.4, -0.2) is 78.3 Å². The molecule has 1 aliphatic heterocycles. The largest absolute Gasteiger partial charge is 0.480 e. The van der Waals surface area contributed by atoms with Gasteiger partial charge in [-0.15, -0.1) is 0 Å². The number of carboxylic acids is 1. The molecule has 1 aromatic carbocycles. The zero-order valence-corrected chi connectivity index (χ0v) is 20.3. The van der Waals surface area contributed by atoms with Gasteiger partial charge in [-0.05, 0) is 39.3 Å². The summed E-state index contributed by atoms with van der Waals surface area (Å²) in [6.45, 7) is 5.93. The highest BCUT2D eigenvalue weighted by Gasteiger charge is 2.35. The van der Waals surface area contributed by atoms with E-state index in [4.69, 9.17) is 4.74 Å². The van der Waals surface area contributed by atoms with E-state index in [0.717, 1.165) is 0 Å². The Bertz CT molecular complexity index is 1250. The van der Waals surface area contributed by atoms with Gasteiger partial charge in [0.2, 0.25) is 0 Å². The average molecular weight is 496 g/mol. The Morgan fingerprint density at radius 2 is 1.89 bits per heavy atom. The SMILES string of the molecule is CC(C)(C)OC(=O)N[C@H]1C[C@H](Cn2cnc3c(NC(=O)c4ccccc4)ncnc32)N(CC(=O)O)C1. The van der Waals surface area contributed by atoms with Crippen molar-refractivity contribution in [1.82, 2.24) is 29.7 Å². The Kier molecular flexibility index (Phi) is 7.15. The molecular formula is C24H29N7O5. The number of nitrogens with one attached hydrogen (secondary N) is 2. The lowest BCUT2D eigenvalue weighted by Gasteiger charge is -2.22. The number of ether oxygens (including phenoxy) is 1. The molecule has 2 aromatic heterocycles. The molecule has 0 saturated carbocycles. The first-order valence-electron chi connectivity index (χ1n) is 11.6. The number of alkyl carbamates (subject to hydrolysis) is 1. The smallest absolute Gasteiger partial charge is 0.407 e. The molecule has 36 heavy (non-hydrogen) atoms.